The molecule has 1 fully saturated rings. The number of thioether (sulfide) groups is 1. The Hall–Kier alpha value is -4.49. The number of ether oxygens (including phenoxy) is 3. The van der Waals surface area contributed by atoms with Crippen molar-refractivity contribution in [3.63, 3.8) is 0 Å². The predicted octanol–water partition coefficient (Wildman–Crippen LogP) is 5.83. The minimum absolute atomic E-state index is 0.0204. The van der Waals surface area contributed by atoms with Gasteiger partial charge in [-0.2, -0.15) is 10.5 Å². The lowest BCUT2D eigenvalue weighted by Gasteiger charge is -2.17. The van der Waals surface area contributed by atoms with Crippen LogP contribution in [0, 0.1) is 34.3 Å². The maximum atomic E-state index is 13.6. The van der Waals surface area contributed by atoms with Gasteiger partial charge in [-0.25, -0.2) is 18.7 Å². The molecule has 3 heterocycles. The molecule has 9 nitrogen and oxygen atoms in total. The molecule has 2 aromatic heterocycles. The van der Waals surface area contributed by atoms with E-state index < -0.39 is 17.4 Å². The molecule has 0 bridgehead atoms. The largest absolute Gasteiger partial charge is 0.491 e. The maximum absolute atomic E-state index is 13.6. The number of rotatable bonds is 8. The Morgan fingerprint density at radius 2 is 1.78 bits per heavy atom. The van der Waals surface area contributed by atoms with Crippen molar-refractivity contribution in [2.45, 2.75) is 36.5 Å². The van der Waals surface area contributed by atoms with Crippen LogP contribution in [0.3, 0.4) is 0 Å². The second-order valence-corrected chi connectivity index (χ2v) is 10.5. The first kappa shape index (κ1) is 28.1. The summed E-state index contributed by atoms with van der Waals surface area (Å²) in [6.07, 6.45) is 1.18. The molecule has 5 rings (SSSR count). The first-order valence-corrected chi connectivity index (χ1v) is 13.4. The molecular weight excluding hydrogens is 552 g/mol. The summed E-state index contributed by atoms with van der Waals surface area (Å²) in [6.45, 7) is 4.42. The Bertz CT molecular complexity index is 1680. The molecular formula is C29H23F2N5O4S. The zero-order valence-electron chi connectivity index (χ0n) is 22.0. The van der Waals surface area contributed by atoms with Crippen molar-refractivity contribution in [1.82, 2.24) is 9.97 Å². The van der Waals surface area contributed by atoms with E-state index in [0.717, 1.165) is 12.1 Å². The lowest BCUT2D eigenvalue weighted by molar-refractivity contribution is -0.141. The van der Waals surface area contributed by atoms with E-state index in [1.54, 1.807) is 24.3 Å². The number of oxazole rings is 1. The van der Waals surface area contributed by atoms with E-state index in [1.807, 2.05) is 13.8 Å². The van der Waals surface area contributed by atoms with Crippen LogP contribution in [0.15, 0.2) is 58.2 Å². The Morgan fingerprint density at radius 3 is 2.44 bits per heavy atom. The van der Waals surface area contributed by atoms with Crippen molar-refractivity contribution in [3.8, 4) is 40.5 Å². The first-order valence-electron chi connectivity index (χ1n) is 12.4. The monoisotopic (exact) mass is 575 g/mol. The smallest absolute Gasteiger partial charge is 0.226 e. The van der Waals surface area contributed by atoms with E-state index in [4.69, 9.17) is 24.4 Å². The van der Waals surface area contributed by atoms with Crippen LogP contribution in [0.1, 0.15) is 30.7 Å². The van der Waals surface area contributed by atoms with Crippen molar-refractivity contribution in [1.29, 1.82) is 10.5 Å². The SMILES string of the molecule is CC1(C)OC[C@H](COc2ccc(-c3c(C#N)c(N)nc(SCc4coc(-c5ccc(F)c(F)c5)n4)c3C#N)cc2)O1. The van der Waals surface area contributed by atoms with Gasteiger partial charge in [0.1, 0.15) is 53.3 Å². The number of nitrogens with two attached hydrogens (primary N) is 1. The van der Waals surface area contributed by atoms with E-state index in [-0.39, 0.29) is 40.3 Å². The fourth-order valence-electron chi connectivity index (χ4n) is 4.22. The fraction of sp³-hybridized carbons (Fsp3) is 0.241. The number of nitrogen functional groups attached to an aromatic ring is 1. The third-order valence-electron chi connectivity index (χ3n) is 6.14. The number of halogens is 2. The number of aromatic nitrogens is 2. The number of benzene rings is 2. The van der Waals surface area contributed by atoms with Gasteiger partial charge in [-0.05, 0) is 49.7 Å². The summed E-state index contributed by atoms with van der Waals surface area (Å²) in [5.41, 5.74) is 8.09. The topological polar surface area (TPSA) is 140 Å². The van der Waals surface area contributed by atoms with Gasteiger partial charge in [-0.1, -0.05) is 23.9 Å². The molecule has 1 atom stereocenters. The summed E-state index contributed by atoms with van der Waals surface area (Å²) in [6, 6.07) is 14.5. The molecule has 0 spiro atoms. The number of hydrogen-bond acceptors (Lipinski definition) is 10. The molecule has 2 N–H and O–H groups in total. The lowest BCUT2D eigenvalue weighted by atomic mass is 9.97. The minimum atomic E-state index is -1.01. The Morgan fingerprint density at radius 1 is 1.05 bits per heavy atom. The second kappa shape index (κ2) is 11.6. The van der Waals surface area contributed by atoms with Crippen molar-refractivity contribution < 1.29 is 27.4 Å². The van der Waals surface area contributed by atoms with E-state index in [0.29, 0.717) is 40.8 Å². The summed E-state index contributed by atoms with van der Waals surface area (Å²) in [7, 11) is 0. The van der Waals surface area contributed by atoms with Crippen molar-refractivity contribution >= 4 is 17.6 Å². The zero-order valence-corrected chi connectivity index (χ0v) is 22.8. The van der Waals surface area contributed by atoms with Gasteiger partial charge in [0.25, 0.3) is 0 Å². The highest BCUT2D eigenvalue weighted by Gasteiger charge is 2.33. The fourth-order valence-corrected chi connectivity index (χ4v) is 5.09. The molecule has 0 unspecified atom stereocenters. The summed E-state index contributed by atoms with van der Waals surface area (Å²) in [4.78, 5) is 8.62. The van der Waals surface area contributed by atoms with E-state index in [1.165, 1.54) is 24.1 Å². The number of hydrogen-bond donors (Lipinski definition) is 1. The molecule has 1 aliphatic rings. The molecule has 41 heavy (non-hydrogen) atoms. The van der Waals surface area contributed by atoms with Gasteiger partial charge < -0.3 is 24.4 Å². The van der Waals surface area contributed by atoms with Gasteiger partial charge in [-0.3, -0.25) is 0 Å². The standard InChI is InChI=1S/C29H23F2N5O4S/c1-29(2)39-14-20(40-29)13-37-19-6-3-16(4-7-19)25-21(10-32)26(34)36-28(22(25)11-33)41-15-18-12-38-27(35-18)17-5-8-23(30)24(31)9-17/h3-9,12,20H,13-15H2,1-2H3,(H2,34,36)/t20-/m0/s1. The third-order valence-corrected chi connectivity index (χ3v) is 7.15. The van der Waals surface area contributed by atoms with Crippen LogP contribution in [0.5, 0.6) is 5.75 Å². The second-order valence-electron chi connectivity index (χ2n) is 9.50. The molecule has 1 saturated heterocycles. The quantitative estimate of drug-likeness (QED) is 0.255. The average Bonchev–Trinajstić information content (AvgIpc) is 3.58. The van der Waals surface area contributed by atoms with Gasteiger partial charge in [0.05, 0.1) is 17.9 Å². The van der Waals surface area contributed by atoms with Crippen LogP contribution < -0.4 is 10.5 Å². The Kier molecular flexibility index (Phi) is 7.90. The molecule has 12 heteroatoms. The molecule has 0 amide bonds. The van der Waals surface area contributed by atoms with E-state index in [2.05, 4.69) is 22.1 Å². The Balaban J connectivity index is 1.35. The van der Waals surface area contributed by atoms with Crippen LogP contribution >= 0.6 is 11.8 Å². The molecule has 0 aliphatic carbocycles. The van der Waals surface area contributed by atoms with Gasteiger partial charge >= 0.3 is 0 Å². The lowest BCUT2D eigenvalue weighted by Crippen LogP contribution is -2.25. The summed E-state index contributed by atoms with van der Waals surface area (Å²) in [5.74, 6) is -1.72. The molecule has 208 valence electrons. The highest BCUT2D eigenvalue weighted by molar-refractivity contribution is 7.98. The third kappa shape index (κ3) is 6.15. The summed E-state index contributed by atoms with van der Waals surface area (Å²) >= 11 is 1.18. The van der Waals surface area contributed by atoms with Crippen LogP contribution in [0.25, 0.3) is 22.6 Å². The van der Waals surface area contributed by atoms with Crippen molar-refractivity contribution in [2.24, 2.45) is 0 Å². The van der Waals surface area contributed by atoms with Crippen LogP contribution in [0.2, 0.25) is 0 Å². The zero-order chi connectivity index (χ0) is 29.1. The molecule has 1 aliphatic heterocycles. The molecule has 0 radical (unpaired) electrons. The normalized spacial score (nSPS) is 15.8. The molecule has 0 saturated carbocycles. The van der Waals surface area contributed by atoms with Crippen molar-refractivity contribution in [3.05, 3.63) is 77.2 Å². The van der Waals surface area contributed by atoms with E-state index in [9.17, 15) is 19.3 Å². The number of nitrogens with zero attached hydrogens (tertiary/aromatic N) is 4. The maximum Gasteiger partial charge on any atom is 0.226 e. The van der Waals surface area contributed by atoms with Gasteiger partial charge in [0.2, 0.25) is 5.89 Å². The number of pyridine rings is 1. The summed E-state index contributed by atoms with van der Waals surface area (Å²) < 4.78 is 49.5. The van der Waals surface area contributed by atoms with Crippen LogP contribution in [0.4, 0.5) is 14.6 Å². The highest BCUT2D eigenvalue weighted by Crippen LogP contribution is 2.37. The summed E-state index contributed by atoms with van der Waals surface area (Å²) in [5, 5.41) is 20.2. The van der Waals surface area contributed by atoms with Crippen molar-refractivity contribution in [2.75, 3.05) is 18.9 Å². The Labute approximate surface area is 238 Å². The van der Waals surface area contributed by atoms with Crippen LogP contribution in [-0.4, -0.2) is 35.1 Å². The average molecular weight is 576 g/mol. The highest BCUT2D eigenvalue weighted by atomic mass is 32.2. The number of nitriles is 2. The van der Waals surface area contributed by atoms with Crippen LogP contribution in [-0.2, 0) is 15.2 Å². The van der Waals surface area contributed by atoms with E-state index >= 15 is 0 Å². The first-order chi connectivity index (χ1) is 19.7. The molecule has 4 aromatic rings. The molecule has 2 aromatic carbocycles. The van der Waals surface area contributed by atoms with Gasteiger partial charge in [-0.15, -0.1) is 0 Å². The van der Waals surface area contributed by atoms with Gasteiger partial charge in [0.15, 0.2) is 17.4 Å². The minimum Gasteiger partial charge on any atom is -0.491 e. The van der Waals surface area contributed by atoms with Gasteiger partial charge in [0, 0.05) is 16.9 Å². The number of anilines is 1. The predicted molar refractivity (Wildman–Crippen MR) is 145 cm³/mol.